The van der Waals surface area contributed by atoms with Crippen molar-refractivity contribution in [3.63, 3.8) is 0 Å². The van der Waals surface area contributed by atoms with E-state index >= 15 is 0 Å². The van der Waals surface area contributed by atoms with Gasteiger partial charge in [-0.3, -0.25) is 4.79 Å². The van der Waals surface area contributed by atoms with Crippen LogP contribution in [0.1, 0.15) is 12.0 Å². The van der Waals surface area contributed by atoms with Crippen molar-refractivity contribution in [2.45, 2.75) is 12.6 Å². The molecule has 0 amide bonds. The molecule has 0 N–H and O–H groups in total. The largest absolute Gasteiger partial charge is 0.427 e. The molecule has 88 valence electrons. The van der Waals surface area contributed by atoms with Crippen LogP contribution >= 0.6 is 15.9 Å². The van der Waals surface area contributed by atoms with Crippen LogP contribution < -0.4 is 4.74 Å². The maximum atomic E-state index is 12.2. The Morgan fingerprint density at radius 2 is 1.81 bits per heavy atom. The van der Waals surface area contributed by atoms with Crippen LogP contribution in [0.4, 0.5) is 13.2 Å². The highest BCUT2D eigenvalue weighted by atomic mass is 79.9. The molecule has 1 rings (SSSR count). The van der Waals surface area contributed by atoms with Crippen LogP contribution in [-0.4, -0.2) is 11.3 Å². The smallest absolute Gasteiger partial charge is 0.416 e. The van der Waals surface area contributed by atoms with Crippen molar-refractivity contribution >= 4 is 21.9 Å². The minimum Gasteiger partial charge on any atom is -0.427 e. The lowest BCUT2D eigenvalue weighted by Gasteiger charge is -2.07. The lowest BCUT2D eigenvalue weighted by molar-refractivity contribution is -0.137. The van der Waals surface area contributed by atoms with Gasteiger partial charge in [0.2, 0.25) is 0 Å². The first-order valence-electron chi connectivity index (χ1n) is 4.37. The number of benzene rings is 1. The van der Waals surface area contributed by atoms with Gasteiger partial charge in [-0.25, -0.2) is 0 Å². The summed E-state index contributed by atoms with van der Waals surface area (Å²) in [5.41, 5.74) is -0.771. The van der Waals surface area contributed by atoms with Crippen molar-refractivity contribution in [3.8, 4) is 5.75 Å². The Morgan fingerprint density at radius 3 is 2.25 bits per heavy atom. The summed E-state index contributed by atoms with van der Waals surface area (Å²) in [6.45, 7) is 0. The number of hydrogen-bond acceptors (Lipinski definition) is 2. The van der Waals surface area contributed by atoms with Crippen LogP contribution in [-0.2, 0) is 11.0 Å². The highest BCUT2D eigenvalue weighted by Gasteiger charge is 2.30. The number of ether oxygens (including phenoxy) is 1. The van der Waals surface area contributed by atoms with E-state index in [4.69, 9.17) is 4.74 Å². The molecule has 0 aliphatic carbocycles. The number of alkyl halides is 4. The summed E-state index contributed by atoms with van der Waals surface area (Å²) < 4.78 is 41.4. The number of esters is 1. The van der Waals surface area contributed by atoms with Gasteiger partial charge >= 0.3 is 12.1 Å². The Balaban J connectivity index is 2.69. The molecule has 1 aromatic carbocycles. The maximum absolute atomic E-state index is 12.2. The average Bonchev–Trinajstić information content (AvgIpc) is 2.17. The summed E-state index contributed by atoms with van der Waals surface area (Å²) in [6, 6.07) is 3.98. The first-order chi connectivity index (χ1) is 7.43. The molecule has 0 aliphatic rings. The Hall–Kier alpha value is -1.04. The minimum absolute atomic E-state index is 0.110. The average molecular weight is 297 g/mol. The van der Waals surface area contributed by atoms with Gasteiger partial charge in [0, 0.05) is 5.33 Å². The predicted octanol–water partition coefficient (Wildman–Crippen LogP) is 3.40. The summed E-state index contributed by atoms with van der Waals surface area (Å²) in [4.78, 5) is 11.0. The van der Waals surface area contributed by atoms with Crippen LogP contribution in [0.3, 0.4) is 0 Å². The number of rotatable bonds is 3. The Bertz CT molecular complexity index is 359. The molecule has 0 atom stereocenters. The molecule has 1 aromatic rings. The third kappa shape index (κ3) is 3.84. The fourth-order valence-electron chi connectivity index (χ4n) is 0.972. The molecule has 0 radical (unpaired) electrons. The maximum Gasteiger partial charge on any atom is 0.416 e. The van der Waals surface area contributed by atoms with Crippen molar-refractivity contribution in [2.75, 3.05) is 5.33 Å². The molecule has 0 unspecified atom stereocenters. The van der Waals surface area contributed by atoms with E-state index in [-0.39, 0.29) is 12.2 Å². The third-order valence-corrected chi connectivity index (χ3v) is 2.11. The molecule has 16 heavy (non-hydrogen) atoms. The summed E-state index contributed by atoms with van der Waals surface area (Å²) >= 11 is 3.05. The van der Waals surface area contributed by atoms with Crippen molar-refractivity contribution in [3.05, 3.63) is 29.8 Å². The monoisotopic (exact) mass is 296 g/mol. The normalized spacial score (nSPS) is 11.2. The van der Waals surface area contributed by atoms with E-state index in [2.05, 4.69) is 15.9 Å². The summed E-state index contributed by atoms with van der Waals surface area (Å²) in [5, 5.41) is 0.451. The Labute approximate surface area is 98.5 Å². The van der Waals surface area contributed by atoms with Gasteiger partial charge in [0.1, 0.15) is 5.75 Å². The summed E-state index contributed by atoms with van der Waals surface area (Å²) in [7, 11) is 0. The predicted molar refractivity (Wildman–Crippen MR) is 55.5 cm³/mol. The van der Waals surface area contributed by atoms with E-state index < -0.39 is 17.7 Å². The third-order valence-electron chi connectivity index (χ3n) is 1.71. The molecule has 2 nitrogen and oxygen atoms in total. The number of carbonyl (C=O) groups is 1. The van der Waals surface area contributed by atoms with Gasteiger partial charge in [-0.05, 0) is 24.3 Å². The van der Waals surface area contributed by atoms with Gasteiger partial charge in [0.25, 0.3) is 0 Å². The highest BCUT2D eigenvalue weighted by molar-refractivity contribution is 9.09. The number of hydrogen-bond donors (Lipinski definition) is 0. The zero-order chi connectivity index (χ0) is 12.2. The molecule has 6 heteroatoms. The minimum atomic E-state index is -4.38. The van der Waals surface area contributed by atoms with Gasteiger partial charge in [-0.2, -0.15) is 13.2 Å². The lowest BCUT2D eigenvalue weighted by Crippen LogP contribution is -2.09. The second-order valence-electron chi connectivity index (χ2n) is 2.94. The molecule has 0 aromatic heterocycles. The fourth-order valence-corrected chi connectivity index (χ4v) is 1.30. The van der Waals surface area contributed by atoms with Crippen LogP contribution in [0.5, 0.6) is 5.75 Å². The zero-order valence-electron chi connectivity index (χ0n) is 8.05. The van der Waals surface area contributed by atoms with E-state index in [1.54, 1.807) is 0 Å². The zero-order valence-corrected chi connectivity index (χ0v) is 9.64. The first-order valence-corrected chi connectivity index (χ1v) is 5.49. The van der Waals surface area contributed by atoms with Gasteiger partial charge in [-0.1, -0.05) is 15.9 Å². The van der Waals surface area contributed by atoms with Crippen molar-refractivity contribution in [1.29, 1.82) is 0 Å². The SMILES string of the molecule is O=C(CCBr)Oc1ccc(C(F)(F)F)cc1. The second kappa shape index (κ2) is 5.34. The lowest BCUT2D eigenvalue weighted by atomic mass is 10.2. The molecule has 0 heterocycles. The van der Waals surface area contributed by atoms with Crippen LogP contribution in [0.25, 0.3) is 0 Å². The standard InChI is InChI=1S/C10H8BrF3O2/c11-6-5-9(15)16-8-3-1-7(2-4-8)10(12,13)14/h1-4H,5-6H2. The molecular formula is C10H8BrF3O2. The molecular weight excluding hydrogens is 289 g/mol. The van der Waals surface area contributed by atoms with Crippen LogP contribution in [0, 0.1) is 0 Å². The van der Waals surface area contributed by atoms with Crippen molar-refractivity contribution < 1.29 is 22.7 Å². The molecule has 0 saturated carbocycles. The Kier molecular flexibility index (Phi) is 4.35. The van der Waals surface area contributed by atoms with Crippen molar-refractivity contribution in [1.82, 2.24) is 0 Å². The van der Waals surface area contributed by atoms with E-state index in [1.807, 2.05) is 0 Å². The molecule has 0 saturated heterocycles. The van der Waals surface area contributed by atoms with E-state index in [1.165, 1.54) is 0 Å². The molecule has 0 aliphatic heterocycles. The summed E-state index contributed by atoms with van der Waals surface area (Å²) in [5.74, 6) is -0.379. The second-order valence-corrected chi connectivity index (χ2v) is 3.73. The molecule has 0 bridgehead atoms. The van der Waals surface area contributed by atoms with Gasteiger partial charge in [-0.15, -0.1) is 0 Å². The van der Waals surface area contributed by atoms with E-state index in [0.29, 0.717) is 5.33 Å². The Morgan fingerprint density at radius 1 is 1.25 bits per heavy atom. The fraction of sp³-hybridized carbons (Fsp3) is 0.300. The summed E-state index contributed by atoms with van der Waals surface area (Å²) in [6.07, 6.45) is -4.21. The van der Waals surface area contributed by atoms with Crippen LogP contribution in [0.15, 0.2) is 24.3 Å². The number of carbonyl (C=O) groups excluding carboxylic acids is 1. The number of halogens is 4. The van der Waals surface area contributed by atoms with Crippen LogP contribution in [0.2, 0.25) is 0 Å². The highest BCUT2D eigenvalue weighted by Crippen LogP contribution is 2.30. The van der Waals surface area contributed by atoms with Gasteiger partial charge in [0.15, 0.2) is 0 Å². The molecule has 0 spiro atoms. The quantitative estimate of drug-likeness (QED) is 0.485. The molecule has 0 fully saturated rings. The topological polar surface area (TPSA) is 26.3 Å². The van der Waals surface area contributed by atoms with E-state index in [0.717, 1.165) is 24.3 Å². The van der Waals surface area contributed by atoms with Crippen molar-refractivity contribution in [2.24, 2.45) is 0 Å². The van der Waals surface area contributed by atoms with Gasteiger partial charge in [0.05, 0.1) is 12.0 Å². The first kappa shape index (κ1) is 13.0. The van der Waals surface area contributed by atoms with Gasteiger partial charge < -0.3 is 4.74 Å². The van der Waals surface area contributed by atoms with E-state index in [9.17, 15) is 18.0 Å².